The molecule has 0 radical (unpaired) electrons. The fourth-order valence-corrected chi connectivity index (χ4v) is 5.48. The van der Waals surface area contributed by atoms with Crippen LogP contribution < -0.4 is 19.5 Å². The Morgan fingerprint density at radius 1 is 0.974 bits per heavy atom. The molecule has 2 heterocycles. The van der Waals surface area contributed by atoms with Crippen molar-refractivity contribution in [2.24, 2.45) is 0 Å². The first kappa shape index (κ1) is 25.9. The van der Waals surface area contributed by atoms with Gasteiger partial charge in [0, 0.05) is 5.56 Å². The SMILES string of the molecule is Cc1c(C)c2c(c(C)c1OCc1ccccc1)CCC(C)(COc1ccc(/C=C3\SC(=O)NC3=O)cc1)O2. The molecule has 3 aromatic carbocycles. The molecule has 1 saturated heterocycles. The molecule has 1 N–H and O–H groups in total. The summed E-state index contributed by atoms with van der Waals surface area (Å²) in [7, 11) is 0. The Labute approximate surface area is 227 Å². The molecule has 6 nitrogen and oxygen atoms in total. The van der Waals surface area contributed by atoms with Crippen molar-refractivity contribution in [2.45, 2.75) is 52.7 Å². The van der Waals surface area contributed by atoms with Gasteiger partial charge in [-0.15, -0.1) is 0 Å². The van der Waals surface area contributed by atoms with Crippen LogP contribution in [-0.4, -0.2) is 23.4 Å². The second kappa shape index (κ2) is 10.6. The number of fused-ring (bicyclic) bond motifs is 1. The Kier molecular flexibility index (Phi) is 7.21. The van der Waals surface area contributed by atoms with Crippen LogP contribution in [0, 0.1) is 20.8 Å². The molecule has 38 heavy (non-hydrogen) atoms. The third kappa shape index (κ3) is 5.43. The molecular formula is C31H31NO5S. The Bertz CT molecular complexity index is 1410. The number of thioether (sulfide) groups is 1. The van der Waals surface area contributed by atoms with E-state index in [1.807, 2.05) is 42.5 Å². The van der Waals surface area contributed by atoms with E-state index in [-0.39, 0.29) is 11.1 Å². The van der Waals surface area contributed by atoms with Crippen LogP contribution in [0.2, 0.25) is 0 Å². The average Bonchev–Trinajstić information content (AvgIpc) is 3.23. The summed E-state index contributed by atoms with van der Waals surface area (Å²) in [6.07, 6.45) is 3.41. The van der Waals surface area contributed by atoms with Crippen LogP contribution in [0.1, 0.15) is 46.7 Å². The lowest BCUT2D eigenvalue weighted by Gasteiger charge is -2.38. The lowest BCUT2D eigenvalue weighted by Crippen LogP contribution is -2.42. The molecule has 2 aliphatic rings. The van der Waals surface area contributed by atoms with Crippen molar-refractivity contribution in [3.63, 3.8) is 0 Å². The van der Waals surface area contributed by atoms with Gasteiger partial charge in [0.05, 0.1) is 4.91 Å². The normalized spacial score (nSPS) is 19.6. The van der Waals surface area contributed by atoms with Crippen LogP contribution in [0.15, 0.2) is 59.5 Å². The third-order valence-corrected chi connectivity index (χ3v) is 7.96. The van der Waals surface area contributed by atoms with Crippen LogP contribution in [0.4, 0.5) is 4.79 Å². The number of carbonyl (C=O) groups excluding carboxylic acids is 2. The largest absolute Gasteiger partial charge is 0.489 e. The predicted octanol–water partition coefficient (Wildman–Crippen LogP) is 6.68. The minimum atomic E-state index is -0.470. The van der Waals surface area contributed by atoms with E-state index >= 15 is 0 Å². The molecule has 0 aromatic heterocycles. The molecule has 2 amide bonds. The van der Waals surface area contributed by atoms with E-state index in [0.717, 1.165) is 69.7 Å². The number of imide groups is 1. The van der Waals surface area contributed by atoms with Gasteiger partial charge in [-0.25, -0.2) is 0 Å². The topological polar surface area (TPSA) is 73.9 Å². The number of nitrogens with one attached hydrogen (secondary N) is 1. The van der Waals surface area contributed by atoms with E-state index in [1.165, 1.54) is 5.56 Å². The van der Waals surface area contributed by atoms with Gasteiger partial charge in [0.2, 0.25) is 0 Å². The number of benzene rings is 3. The van der Waals surface area contributed by atoms with Crippen molar-refractivity contribution in [2.75, 3.05) is 6.61 Å². The maximum Gasteiger partial charge on any atom is 0.290 e. The van der Waals surface area contributed by atoms with E-state index in [2.05, 4.69) is 45.1 Å². The molecule has 1 atom stereocenters. The predicted molar refractivity (Wildman–Crippen MR) is 150 cm³/mol. The van der Waals surface area contributed by atoms with Gasteiger partial charge in [0.25, 0.3) is 11.1 Å². The molecule has 0 aliphatic carbocycles. The van der Waals surface area contributed by atoms with Crippen molar-refractivity contribution in [1.29, 1.82) is 0 Å². The molecule has 0 saturated carbocycles. The maximum atomic E-state index is 11.8. The lowest BCUT2D eigenvalue weighted by molar-refractivity contribution is -0.115. The minimum Gasteiger partial charge on any atom is -0.489 e. The molecule has 196 valence electrons. The van der Waals surface area contributed by atoms with E-state index < -0.39 is 5.60 Å². The number of amides is 2. The van der Waals surface area contributed by atoms with E-state index in [0.29, 0.717) is 18.1 Å². The van der Waals surface area contributed by atoms with Crippen LogP contribution in [0.5, 0.6) is 17.2 Å². The summed E-state index contributed by atoms with van der Waals surface area (Å²) in [5.41, 5.74) is 6.05. The third-order valence-electron chi connectivity index (χ3n) is 7.15. The fraction of sp³-hybridized carbons (Fsp3) is 0.290. The van der Waals surface area contributed by atoms with E-state index in [1.54, 1.807) is 6.08 Å². The van der Waals surface area contributed by atoms with Gasteiger partial charge in [-0.05, 0) is 98.3 Å². The lowest BCUT2D eigenvalue weighted by atomic mass is 9.87. The van der Waals surface area contributed by atoms with E-state index in [4.69, 9.17) is 14.2 Å². The fourth-order valence-electron chi connectivity index (χ4n) is 4.80. The zero-order chi connectivity index (χ0) is 26.9. The molecule has 7 heteroatoms. The van der Waals surface area contributed by atoms with Gasteiger partial charge in [-0.3, -0.25) is 14.9 Å². The molecule has 2 aliphatic heterocycles. The Morgan fingerprint density at radius 2 is 1.71 bits per heavy atom. The molecule has 5 rings (SSSR count). The van der Waals surface area contributed by atoms with Gasteiger partial charge in [0.1, 0.15) is 36.1 Å². The van der Waals surface area contributed by atoms with Gasteiger partial charge in [-0.1, -0.05) is 42.5 Å². The standard InChI is InChI=1S/C31H31NO5S/c1-19-20(2)28-25(21(3)27(19)35-17-23-8-6-5-7-9-23)14-15-31(4,37-28)18-36-24-12-10-22(11-13-24)16-26-29(33)32-30(34)38-26/h5-13,16H,14-15,17-18H2,1-4H3,(H,32,33,34)/b26-16-. The smallest absolute Gasteiger partial charge is 0.290 e. The minimum absolute atomic E-state index is 0.347. The van der Waals surface area contributed by atoms with Crippen LogP contribution in [-0.2, 0) is 17.8 Å². The summed E-state index contributed by atoms with van der Waals surface area (Å²) >= 11 is 0.907. The Hall–Kier alpha value is -3.71. The van der Waals surface area contributed by atoms with Crippen LogP contribution in [0.25, 0.3) is 6.08 Å². The highest BCUT2D eigenvalue weighted by atomic mass is 32.2. The highest BCUT2D eigenvalue weighted by molar-refractivity contribution is 8.18. The Morgan fingerprint density at radius 3 is 2.39 bits per heavy atom. The maximum absolute atomic E-state index is 11.8. The highest BCUT2D eigenvalue weighted by Crippen LogP contribution is 2.44. The summed E-state index contributed by atoms with van der Waals surface area (Å²) in [6.45, 7) is 9.34. The molecule has 1 unspecified atom stereocenters. The average molecular weight is 530 g/mol. The van der Waals surface area contributed by atoms with Crippen molar-refractivity contribution < 1.29 is 23.8 Å². The van der Waals surface area contributed by atoms with Gasteiger partial charge >= 0.3 is 0 Å². The summed E-state index contributed by atoms with van der Waals surface area (Å²) in [5, 5.41) is 1.92. The zero-order valence-corrected chi connectivity index (χ0v) is 22.9. The summed E-state index contributed by atoms with van der Waals surface area (Å²) in [6, 6.07) is 17.7. The van der Waals surface area contributed by atoms with Gasteiger partial charge in [-0.2, -0.15) is 0 Å². The number of rotatable bonds is 7. The number of hydrogen-bond donors (Lipinski definition) is 1. The first-order valence-electron chi connectivity index (χ1n) is 12.7. The summed E-state index contributed by atoms with van der Waals surface area (Å²) in [4.78, 5) is 23.5. The second-order valence-electron chi connectivity index (χ2n) is 10.0. The van der Waals surface area contributed by atoms with Gasteiger partial charge in [0.15, 0.2) is 0 Å². The first-order valence-corrected chi connectivity index (χ1v) is 13.5. The number of carbonyl (C=O) groups is 2. The molecule has 0 spiro atoms. The molecule has 0 bridgehead atoms. The monoisotopic (exact) mass is 529 g/mol. The summed E-state index contributed by atoms with van der Waals surface area (Å²) < 4.78 is 19.0. The van der Waals surface area contributed by atoms with Crippen molar-refractivity contribution in [3.8, 4) is 17.2 Å². The molecule has 3 aromatic rings. The van der Waals surface area contributed by atoms with E-state index in [9.17, 15) is 9.59 Å². The van der Waals surface area contributed by atoms with Crippen molar-refractivity contribution >= 4 is 29.0 Å². The Balaban J connectivity index is 1.26. The van der Waals surface area contributed by atoms with Crippen LogP contribution in [0.3, 0.4) is 0 Å². The molecular weight excluding hydrogens is 498 g/mol. The van der Waals surface area contributed by atoms with Crippen molar-refractivity contribution in [1.82, 2.24) is 5.32 Å². The van der Waals surface area contributed by atoms with Crippen LogP contribution >= 0.6 is 11.8 Å². The number of ether oxygens (including phenoxy) is 3. The quantitative estimate of drug-likeness (QED) is 0.344. The number of hydrogen-bond acceptors (Lipinski definition) is 6. The zero-order valence-electron chi connectivity index (χ0n) is 22.1. The van der Waals surface area contributed by atoms with Crippen molar-refractivity contribution in [3.05, 3.63) is 92.9 Å². The molecule has 1 fully saturated rings. The second-order valence-corrected chi connectivity index (χ2v) is 11.1. The summed E-state index contributed by atoms with van der Waals surface area (Å²) in [5.74, 6) is 2.24. The first-order chi connectivity index (χ1) is 18.2. The van der Waals surface area contributed by atoms with Gasteiger partial charge < -0.3 is 14.2 Å². The highest BCUT2D eigenvalue weighted by Gasteiger charge is 2.35.